The molecule has 1 aliphatic carbocycles. The number of fused-ring (bicyclic) bond motifs is 2. The van der Waals surface area contributed by atoms with Crippen LogP contribution in [0.5, 0.6) is 11.5 Å². The maximum atomic E-state index is 6.52. The molecule has 2 N–H and O–H groups in total. The summed E-state index contributed by atoms with van der Waals surface area (Å²) in [6, 6.07) is 0. The largest absolute Gasteiger partial charge is 0.490 e. The summed E-state index contributed by atoms with van der Waals surface area (Å²) in [6.45, 7) is 6.43. The average Bonchev–Trinajstić information content (AvgIpc) is 2.79. The number of rotatable bonds is 1. The van der Waals surface area contributed by atoms with Gasteiger partial charge in [0, 0.05) is 35.1 Å². The summed E-state index contributed by atoms with van der Waals surface area (Å²) in [5.74, 6) is 2.18. The normalized spacial score (nSPS) is 29.5. The van der Waals surface area contributed by atoms with Gasteiger partial charge in [-0.1, -0.05) is 0 Å². The second-order valence-electron chi connectivity index (χ2n) is 6.54. The van der Waals surface area contributed by atoms with E-state index < -0.39 is 0 Å². The van der Waals surface area contributed by atoms with Crippen LogP contribution in [0.1, 0.15) is 48.9 Å². The maximum absolute atomic E-state index is 6.52. The topological polar surface area (TPSA) is 44.5 Å². The molecular weight excluding hydrogens is 238 g/mol. The second-order valence-corrected chi connectivity index (χ2v) is 6.54. The molecule has 1 saturated carbocycles. The molecule has 0 bridgehead atoms. The lowest BCUT2D eigenvalue weighted by Crippen LogP contribution is -2.22. The summed E-state index contributed by atoms with van der Waals surface area (Å²) < 4.78 is 12.2. The van der Waals surface area contributed by atoms with Crippen molar-refractivity contribution in [3.63, 3.8) is 0 Å². The lowest BCUT2D eigenvalue weighted by Gasteiger charge is -2.20. The number of benzene rings is 1. The van der Waals surface area contributed by atoms with Crippen molar-refractivity contribution in [2.24, 2.45) is 5.73 Å². The molecule has 3 heteroatoms. The van der Waals surface area contributed by atoms with Gasteiger partial charge in [0.1, 0.15) is 23.7 Å². The fourth-order valence-electron chi connectivity index (χ4n) is 3.64. The first-order chi connectivity index (χ1) is 8.99. The molecule has 1 aromatic carbocycles. The molecule has 3 nitrogen and oxygen atoms in total. The zero-order valence-electron chi connectivity index (χ0n) is 11.9. The average molecular weight is 259 g/mol. The molecule has 2 unspecified atom stereocenters. The number of ether oxygens (including phenoxy) is 2. The smallest absolute Gasteiger partial charge is 0.128 e. The molecule has 2 atom stereocenters. The van der Waals surface area contributed by atoms with Gasteiger partial charge in [0.2, 0.25) is 0 Å². The molecule has 1 fully saturated rings. The minimum atomic E-state index is -0.153. The van der Waals surface area contributed by atoms with Crippen LogP contribution >= 0.6 is 0 Å². The van der Waals surface area contributed by atoms with E-state index in [9.17, 15) is 0 Å². The third-order valence-corrected chi connectivity index (χ3v) is 4.78. The van der Waals surface area contributed by atoms with Crippen molar-refractivity contribution < 1.29 is 9.47 Å². The molecule has 19 heavy (non-hydrogen) atoms. The van der Waals surface area contributed by atoms with Crippen molar-refractivity contribution >= 4 is 0 Å². The highest BCUT2D eigenvalue weighted by Gasteiger charge is 2.48. The Kier molecular flexibility index (Phi) is 2.11. The molecule has 0 spiro atoms. The monoisotopic (exact) mass is 259 g/mol. The third kappa shape index (κ3) is 1.48. The van der Waals surface area contributed by atoms with E-state index in [4.69, 9.17) is 15.2 Å². The molecule has 102 valence electrons. The zero-order valence-corrected chi connectivity index (χ0v) is 11.9. The molecule has 0 radical (unpaired) electrons. The molecule has 2 heterocycles. The predicted molar refractivity (Wildman–Crippen MR) is 73.9 cm³/mol. The molecule has 4 rings (SSSR count). The first kappa shape index (κ1) is 11.6. The van der Waals surface area contributed by atoms with E-state index in [1.807, 2.05) is 0 Å². The molecule has 0 amide bonds. The highest BCUT2D eigenvalue weighted by atomic mass is 16.5. The first-order valence-electron chi connectivity index (χ1n) is 7.30. The quantitative estimate of drug-likeness (QED) is 0.843. The lowest BCUT2D eigenvalue weighted by molar-refractivity contribution is 0.250. The Labute approximate surface area is 114 Å². The summed E-state index contributed by atoms with van der Waals surface area (Å²) in [5, 5.41) is 0. The van der Waals surface area contributed by atoms with E-state index in [0.717, 1.165) is 37.2 Å². The van der Waals surface area contributed by atoms with Gasteiger partial charge in [-0.15, -0.1) is 0 Å². The van der Waals surface area contributed by atoms with Crippen molar-refractivity contribution in [2.75, 3.05) is 0 Å². The van der Waals surface area contributed by atoms with E-state index in [1.54, 1.807) is 0 Å². The molecule has 0 saturated heterocycles. The van der Waals surface area contributed by atoms with Crippen LogP contribution in [-0.4, -0.2) is 12.2 Å². The van der Waals surface area contributed by atoms with Crippen LogP contribution in [0.25, 0.3) is 0 Å². The number of nitrogens with two attached hydrogens (primary N) is 1. The first-order valence-corrected chi connectivity index (χ1v) is 7.30. The van der Waals surface area contributed by atoms with Crippen LogP contribution in [0, 0.1) is 6.92 Å². The lowest BCUT2D eigenvalue weighted by atomic mass is 9.89. The van der Waals surface area contributed by atoms with Gasteiger partial charge in [-0.3, -0.25) is 0 Å². The zero-order chi connectivity index (χ0) is 13.4. The third-order valence-electron chi connectivity index (χ3n) is 4.78. The van der Waals surface area contributed by atoms with Gasteiger partial charge in [-0.2, -0.15) is 0 Å². The van der Waals surface area contributed by atoms with Crippen LogP contribution in [0.2, 0.25) is 0 Å². The van der Waals surface area contributed by atoms with Crippen molar-refractivity contribution in [3.05, 3.63) is 22.3 Å². The Morgan fingerprint density at radius 1 is 1.00 bits per heavy atom. The van der Waals surface area contributed by atoms with Crippen LogP contribution in [-0.2, 0) is 18.4 Å². The van der Waals surface area contributed by atoms with Gasteiger partial charge in [0.05, 0.1) is 0 Å². The van der Waals surface area contributed by atoms with E-state index >= 15 is 0 Å². The summed E-state index contributed by atoms with van der Waals surface area (Å²) in [5.41, 5.74) is 11.5. The maximum Gasteiger partial charge on any atom is 0.128 e. The minimum Gasteiger partial charge on any atom is -0.490 e. The minimum absolute atomic E-state index is 0.153. The molecule has 3 aliphatic rings. The Morgan fingerprint density at radius 3 is 2.21 bits per heavy atom. The second kappa shape index (κ2) is 3.45. The SMILES string of the molecule is Cc1c2c(c(C3(N)CC3)c3c1OC(C)C3)OC(C)C2. The van der Waals surface area contributed by atoms with Crippen molar-refractivity contribution in [1.82, 2.24) is 0 Å². The van der Waals surface area contributed by atoms with Crippen LogP contribution in [0.4, 0.5) is 0 Å². The fraction of sp³-hybridized carbons (Fsp3) is 0.625. The summed E-state index contributed by atoms with van der Waals surface area (Å²) in [7, 11) is 0. The van der Waals surface area contributed by atoms with Crippen molar-refractivity contribution in [3.8, 4) is 11.5 Å². The summed E-state index contributed by atoms with van der Waals surface area (Å²) in [6.07, 6.45) is 4.61. The Balaban J connectivity index is 2.00. The van der Waals surface area contributed by atoms with Crippen LogP contribution in [0.3, 0.4) is 0 Å². The molecular formula is C16H21NO2. The molecule has 0 aromatic heterocycles. The Morgan fingerprint density at radius 2 is 1.58 bits per heavy atom. The van der Waals surface area contributed by atoms with Gasteiger partial charge >= 0.3 is 0 Å². The Hall–Kier alpha value is -1.22. The standard InChI is InChI=1S/C16H21NO2/c1-8-6-11-10(3)14-12(7-9(2)18-14)13(15(11)19-8)16(17)4-5-16/h8-9H,4-7,17H2,1-3H3. The van der Waals surface area contributed by atoms with Gasteiger partial charge in [-0.05, 0) is 39.2 Å². The van der Waals surface area contributed by atoms with Gasteiger partial charge in [-0.25, -0.2) is 0 Å². The highest BCUT2D eigenvalue weighted by molar-refractivity contribution is 5.65. The molecule has 1 aromatic rings. The molecule has 2 aliphatic heterocycles. The van der Waals surface area contributed by atoms with Gasteiger partial charge in [0.25, 0.3) is 0 Å². The fourth-order valence-corrected chi connectivity index (χ4v) is 3.64. The van der Waals surface area contributed by atoms with Crippen LogP contribution in [0.15, 0.2) is 0 Å². The van der Waals surface area contributed by atoms with Crippen molar-refractivity contribution in [1.29, 1.82) is 0 Å². The van der Waals surface area contributed by atoms with Gasteiger partial charge in [0.15, 0.2) is 0 Å². The summed E-state index contributed by atoms with van der Waals surface area (Å²) >= 11 is 0. The van der Waals surface area contributed by atoms with Gasteiger partial charge < -0.3 is 15.2 Å². The summed E-state index contributed by atoms with van der Waals surface area (Å²) in [4.78, 5) is 0. The number of hydrogen-bond donors (Lipinski definition) is 1. The Bertz CT molecular complexity index is 536. The van der Waals surface area contributed by atoms with Crippen LogP contribution < -0.4 is 15.2 Å². The predicted octanol–water partition coefficient (Wildman–Crippen LogP) is 2.59. The number of hydrogen-bond acceptors (Lipinski definition) is 3. The van der Waals surface area contributed by atoms with E-state index in [-0.39, 0.29) is 17.7 Å². The highest BCUT2D eigenvalue weighted by Crippen LogP contribution is 2.55. The van der Waals surface area contributed by atoms with E-state index in [1.165, 1.54) is 22.3 Å². The van der Waals surface area contributed by atoms with E-state index in [0.29, 0.717) is 0 Å². The van der Waals surface area contributed by atoms with E-state index in [2.05, 4.69) is 20.8 Å². The van der Waals surface area contributed by atoms with Crippen molar-refractivity contribution in [2.45, 2.75) is 64.2 Å².